The number of fused-ring (bicyclic) bond motifs is 4. The normalized spacial score (nSPS) is 24.2. The van der Waals surface area contributed by atoms with Crippen molar-refractivity contribution in [2.45, 2.75) is 52.1 Å². The van der Waals surface area contributed by atoms with Gasteiger partial charge in [-0.15, -0.1) is 0 Å². The number of ether oxygens (including phenoxy) is 1. The number of nitrogens with zero attached hydrogens (tertiary/aromatic N) is 1. The molecule has 2 heterocycles. The van der Waals surface area contributed by atoms with Crippen LogP contribution >= 0.6 is 0 Å². The van der Waals surface area contributed by atoms with Crippen LogP contribution in [0.4, 0.5) is 0 Å². The molecule has 1 atom stereocenters. The molecule has 1 aromatic heterocycles. The molecule has 0 radical (unpaired) electrons. The van der Waals surface area contributed by atoms with E-state index in [0.717, 1.165) is 37.7 Å². The third-order valence-corrected chi connectivity index (χ3v) is 8.41. The lowest BCUT2D eigenvalue weighted by atomic mass is 9.74. The molecule has 0 saturated carbocycles. The van der Waals surface area contributed by atoms with Gasteiger partial charge in [-0.3, -0.25) is 4.98 Å². The highest BCUT2D eigenvalue weighted by Gasteiger charge is 2.46. The summed E-state index contributed by atoms with van der Waals surface area (Å²) in [6, 6.07) is 13.1. The summed E-state index contributed by atoms with van der Waals surface area (Å²) >= 11 is 0. The van der Waals surface area contributed by atoms with Crippen molar-refractivity contribution in [3.8, 4) is 11.1 Å². The largest absolute Gasteiger partial charge is 0.484 e. The molecule has 0 fully saturated rings. The van der Waals surface area contributed by atoms with E-state index in [1.165, 1.54) is 50.3 Å². The molecule has 34 heavy (non-hydrogen) atoms. The molecule has 1 unspecified atom stereocenters. The Bertz CT molecular complexity index is 1390. The Morgan fingerprint density at radius 2 is 1.74 bits per heavy atom. The van der Waals surface area contributed by atoms with Crippen LogP contribution in [0.15, 0.2) is 112 Å². The van der Waals surface area contributed by atoms with Gasteiger partial charge in [-0.2, -0.15) is 0 Å². The molecule has 5 aliphatic rings. The molecule has 0 spiro atoms. The van der Waals surface area contributed by atoms with E-state index in [-0.39, 0.29) is 11.5 Å². The number of hydrogen-bond acceptors (Lipinski definition) is 2. The fraction of sp³-hybridized carbons (Fsp3) is 0.281. The minimum absolute atomic E-state index is 0.0638. The summed E-state index contributed by atoms with van der Waals surface area (Å²) < 4.78 is 6.63. The Labute approximate surface area is 201 Å². The summed E-state index contributed by atoms with van der Waals surface area (Å²) in [4.78, 5) is 4.26. The fourth-order valence-corrected chi connectivity index (χ4v) is 6.63. The highest BCUT2D eigenvalue weighted by Crippen LogP contribution is 2.59. The molecular weight excluding hydrogens is 414 g/mol. The first-order valence-corrected chi connectivity index (χ1v) is 12.6. The van der Waals surface area contributed by atoms with Crippen LogP contribution in [0, 0.1) is 5.41 Å². The number of benzene rings is 1. The summed E-state index contributed by atoms with van der Waals surface area (Å²) in [5.74, 6) is 1.21. The van der Waals surface area contributed by atoms with E-state index in [9.17, 15) is 0 Å². The minimum atomic E-state index is 0.0638. The van der Waals surface area contributed by atoms with E-state index in [1.807, 2.05) is 18.5 Å². The molecule has 4 aliphatic carbocycles. The van der Waals surface area contributed by atoms with Gasteiger partial charge in [-0.05, 0) is 76.3 Å². The van der Waals surface area contributed by atoms with Gasteiger partial charge < -0.3 is 4.74 Å². The highest BCUT2D eigenvalue weighted by atomic mass is 16.5. The van der Waals surface area contributed by atoms with Gasteiger partial charge in [0.15, 0.2) is 0 Å². The summed E-state index contributed by atoms with van der Waals surface area (Å²) in [6.07, 6.45) is 18.6. The molecule has 7 rings (SSSR count). The van der Waals surface area contributed by atoms with Crippen molar-refractivity contribution in [3.63, 3.8) is 0 Å². The third kappa shape index (κ3) is 2.84. The van der Waals surface area contributed by atoms with Gasteiger partial charge in [0.2, 0.25) is 0 Å². The van der Waals surface area contributed by atoms with Gasteiger partial charge in [0.05, 0.1) is 0 Å². The number of hydrogen-bond donors (Lipinski definition) is 0. The Balaban J connectivity index is 1.26. The van der Waals surface area contributed by atoms with Crippen LogP contribution in [-0.4, -0.2) is 11.1 Å². The summed E-state index contributed by atoms with van der Waals surface area (Å²) in [6.45, 7) is 4.84. The van der Waals surface area contributed by atoms with Gasteiger partial charge >= 0.3 is 0 Å². The number of allylic oxidation sites excluding steroid dienone is 7. The predicted molar refractivity (Wildman–Crippen MR) is 138 cm³/mol. The van der Waals surface area contributed by atoms with Gasteiger partial charge in [0.1, 0.15) is 11.9 Å². The van der Waals surface area contributed by atoms with Crippen LogP contribution in [-0.2, 0) is 4.74 Å². The fourth-order valence-electron chi connectivity index (χ4n) is 6.63. The standard InChI is InChI=1S/C32H29NO/c1-32(2)27-16-15-25-24-7-3-4-8-29(24)34-31(25)30(27)26-14-13-22(18-28(26)32)20-9-11-21(12-10-20)23-6-5-17-33-19-23/h3-7,9-12,17-19,29H,8,13-16H2,1-2H3. The number of rotatable bonds is 2. The van der Waals surface area contributed by atoms with Gasteiger partial charge in [-0.25, -0.2) is 0 Å². The topological polar surface area (TPSA) is 22.1 Å². The van der Waals surface area contributed by atoms with E-state index in [0.29, 0.717) is 0 Å². The van der Waals surface area contributed by atoms with Crippen LogP contribution in [0.1, 0.15) is 51.5 Å². The quantitative estimate of drug-likeness (QED) is 0.471. The first-order valence-electron chi connectivity index (χ1n) is 12.6. The lowest BCUT2D eigenvalue weighted by Crippen LogP contribution is -2.17. The molecule has 1 aromatic carbocycles. The zero-order valence-corrected chi connectivity index (χ0v) is 19.9. The van der Waals surface area contributed by atoms with Gasteiger partial charge in [0.25, 0.3) is 0 Å². The zero-order chi connectivity index (χ0) is 22.9. The molecule has 0 amide bonds. The molecule has 2 heteroatoms. The van der Waals surface area contributed by atoms with E-state index in [1.54, 1.807) is 5.57 Å². The molecular formula is C32H29NO. The maximum Gasteiger partial charge on any atom is 0.131 e. The average Bonchev–Trinajstić information content (AvgIpc) is 3.37. The van der Waals surface area contributed by atoms with Crippen molar-refractivity contribution in [1.82, 2.24) is 4.98 Å². The van der Waals surface area contributed by atoms with Crippen LogP contribution in [0.2, 0.25) is 0 Å². The van der Waals surface area contributed by atoms with E-state index in [4.69, 9.17) is 4.74 Å². The van der Waals surface area contributed by atoms with Crippen molar-refractivity contribution < 1.29 is 4.74 Å². The predicted octanol–water partition coefficient (Wildman–Crippen LogP) is 7.89. The van der Waals surface area contributed by atoms with E-state index >= 15 is 0 Å². The van der Waals surface area contributed by atoms with Crippen molar-refractivity contribution in [1.29, 1.82) is 0 Å². The van der Waals surface area contributed by atoms with Crippen molar-refractivity contribution in [3.05, 3.63) is 118 Å². The number of aromatic nitrogens is 1. The molecule has 2 aromatic rings. The third-order valence-electron chi connectivity index (χ3n) is 8.41. The van der Waals surface area contributed by atoms with Crippen molar-refractivity contribution in [2.75, 3.05) is 0 Å². The smallest absolute Gasteiger partial charge is 0.131 e. The lowest BCUT2D eigenvalue weighted by molar-refractivity contribution is 0.174. The Morgan fingerprint density at radius 1 is 0.912 bits per heavy atom. The second-order valence-corrected chi connectivity index (χ2v) is 10.6. The first kappa shape index (κ1) is 20.0. The van der Waals surface area contributed by atoms with Gasteiger partial charge in [-0.1, -0.05) is 68.5 Å². The van der Waals surface area contributed by atoms with Crippen molar-refractivity contribution in [2.24, 2.45) is 5.41 Å². The summed E-state index contributed by atoms with van der Waals surface area (Å²) in [5, 5.41) is 0. The van der Waals surface area contributed by atoms with E-state index < -0.39 is 0 Å². The molecule has 0 saturated heterocycles. The van der Waals surface area contributed by atoms with E-state index in [2.05, 4.69) is 73.5 Å². The lowest BCUT2D eigenvalue weighted by Gasteiger charge is -2.29. The van der Waals surface area contributed by atoms with Crippen LogP contribution < -0.4 is 0 Å². The number of pyridine rings is 1. The minimum Gasteiger partial charge on any atom is -0.484 e. The molecule has 168 valence electrons. The van der Waals surface area contributed by atoms with Gasteiger partial charge in [0, 0.05) is 35.4 Å². The molecule has 0 N–H and O–H groups in total. The van der Waals surface area contributed by atoms with Crippen LogP contribution in [0.5, 0.6) is 0 Å². The molecule has 2 nitrogen and oxygen atoms in total. The second kappa shape index (κ2) is 7.30. The van der Waals surface area contributed by atoms with Crippen LogP contribution in [0.3, 0.4) is 0 Å². The summed E-state index contributed by atoms with van der Waals surface area (Å²) in [7, 11) is 0. The SMILES string of the molecule is CC1(C)C2=C(CCC(c3ccc(-c4cccnc4)cc3)=C2)C2=C1CCC1=C2OC2CC=CC=C12. The Kier molecular flexibility index (Phi) is 4.30. The highest BCUT2D eigenvalue weighted by molar-refractivity contribution is 5.78. The van der Waals surface area contributed by atoms with Crippen LogP contribution in [0.25, 0.3) is 16.7 Å². The zero-order valence-electron chi connectivity index (χ0n) is 19.9. The maximum atomic E-state index is 6.63. The average molecular weight is 444 g/mol. The Hall–Kier alpha value is -3.39. The molecule has 0 bridgehead atoms. The second-order valence-electron chi connectivity index (χ2n) is 10.6. The van der Waals surface area contributed by atoms with Crippen molar-refractivity contribution >= 4 is 5.57 Å². The monoisotopic (exact) mass is 443 g/mol. The molecule has 1 aliphatic heterocycles. The Morgan fingerprint density at radius 3 is 2.56 bits per heavy atom. The summed E-state index contributed by atoms with van der Waals surface area (Å²) in [5.41, 5.74) is 14.2. The first-order chi connectivity index (χ1) is 16.6. The maximum absolute atomic E-state index is 6.63.